The van der Waals surface area contributed by atoms with E-state index in [1.54, 1.807) is 0 Å². The monoisotopic (exact) mass is 322 g/mol. The molecular weight excluding hydrogens is 308 g/mol. The highest BCUT2D eigenvalue weighted by atomic mass is 79.9. The molecule has 1 aliphatic rings. The number of rotatable bonds is 2. The van der Waals surface area contributed by atoms with Crippen LogP contribution in [-0.4, -0.2) is 21.7 Å². The molecule has 1 aromatic carbocycles. The van der Waals surface area contributed by atoms with Crippen molar-refractivity contribution in [2.75, 3.05) is 11.4 Å². The summed E-state index contributed by atoms with van der Waals surface area (Å²) in [5, 5.41) is 6.38. The maximum absolute atomic E-state index is 11.1. The fourth-order valence-corrected chi connectivity index (χ4v) is 2.86. The molecule has 2 heterocycles. The summed E-state index contributed by atoms with van der Waals surface area (Å²) >= 11 is 3.59. The number of aromatic nitrogens is 3. The fourth-order valence-electron chi connectivity index (χ4n) is 2.53. The predicted octanol–water partition coefficient (Wildman–Crippen LogP) is 2.12. The summed E-state index contributed by atoms with van der Waals surface area (Å²) in [5.74, 6) is 0.676. The van der Waals surface area contributed by atoms with Crippen LogP contribution in [0, 0.1) is 6.92 Å². The van der Waals surface area contributed by atoms with Crippen molar-refractivity contribution in [2.24, 2.45) is 0 Å². The van der Waals surface area contributed by atoms with Gasteiger partial charge in [-0.2, -0.15) is 5.10 Å². The summed E-state index contributed by atoms with van der Waals surface area (Å²) < 4.78 is 1.12. The van der Waals surface area contributed by atoms with E-state index in [9.17, 15) is 4.79 Å². The number of halogens is 1. The second-order valence-corrected chi connectivity index (χ2v) is 5.73. The van der Waals surface area contributed by atoms with Crippen LogP contribution in [-0.2, 0) is 13.0 Å². The molecule has 0 atom stereocenters. The highest BCUT2D eigenvalue weighted by molar-refractivity contribution is 9.10. The third-order valence-corrected chi connectivity index (χ3v) is 4.32. The van der Waals surface area contributed by atoms with Crippen LogP contribution >= 0.6 is 15.9 Å². The third-order valence-electron chi connectivity index (χ3n) is 3.47. The van der Waals surface area contributed by atoms with Crippen LogP contribution in [0.5, 0.6) is 0 Å². The molecule has 0 amide bonds. The Balaban J connectivity index is 1.93. The van der Waals surface area contributed by atoms with Gasteiger partial charge in [-0.15, -0.1) is 0 Å². The van der Waals surface area contributed by atoms with Gasteiger partial charge in [0, 0.05) is 16.7 Å². The molecule has 0 saturated heterocycles. The molecule has 0 radical (unpaired) electrons. The lowest BCUT2D eigenvalue weighted by Gasteiger charge is -2.31. The lowest BCUT2D eigenvalue weighted by atomic mass is 9.99. The predicted molar refractivity (Wildman–Crippen MR) is 77.5 cm³/mol. The smallest absolute Gasteiger partial charge is 0.340 e. The van der Waals surface area contributed by atoms with Crippen LogP contribution in [0.4, 0.5) is 5.69 Å². The summed E-state index contributed by atoms with van der Waals surface area (Å²) in [4.78, 5) is 16.0. The van der Waals surface area contributed by atoms with Gasteiger partial charge in [0.25, 0.3) is 0 Å². The van der Waals surface area contributed by atoms with E-state index >= 15 is 0 Å². The molecule has 0 spiro atoms. The van der Waals surface area contributed by atoms with E-state index in [1.807, 2.05) is 0 Å². The van der Waals surface area contributed by atoms with Crippen molar-refractivity contribution in [3.8, 4) is 0 Å². The number of aromatic amines is 2. The number of nitrogens with zero attached hydrogens (tertiary/aromatic N) is 2. The van der Waals surface area contributed by atoms with Gasteiger partial charge in [-0.1, -0.05) is 22.0 Å². The first-order chi connectivity index (χ1) is 9.13. The van der Waals surface area contributed by atoms with Gasteiger partial charge in [-0.25, -0.2) is 9.89 Å². The Bertz CT molecular complexity index is 661. The summed E-state index contributed by atoms with van der Waals surface area (Å²) in [6, 6.07) is 4.40. The van der Waals surface area contributed by atoms with E-state index < -0.39 is 0 Å². The molecule has 1 aromatic heterocycles. The Morgan fingerprint density at radius 3 is 3.05 bits per heavy atom. The first-order valence-electron chi connectivity index (χ1n) is 6.31. The van der Waals surface area contributed by atoms with E-state index in [4.69, 9.17) is 0 Å². The zero-order valence-electron chi connectivity index (χ0n) is 10.7. The van der Waals surface area contributed by atoms with Crippen LogP contribution in [0.2, 0.25) is 0 Å². The number of fused-ring (bicyclic) bond motifs is 1. The van der Waals surface area contributed by atoms with E-state index in [0.29, 0.717) is 12.4 Å². The normalized spacial score (nSPS) is 14.5. The van der Waals surface area contributed by atoms with Crippen molar-refractivity contribution in [2.45, 2.75) is 26.3 Å². The molecule has 3 rings (SSSR count). The van der Waals surface area contributed by atoms with Gasteiger partial charge in [-0.3, -0.25) is 4.98 Å². The first kappa shape index (κ1) is 12.5. The minimum Gasteiger partial charge on any atom is -0.364 e. The molecule has 2 N–H and O–H groups in total. The van der Waals surface area contributed by atoms with E-state index in [2.05, 4.69) is 55.1 Å². The number of H-pyrrole nitrogens is 2. The van der Waals surface area contributed by atoms with Crippen LogP contribution in [0.25, 0.3) is 0 Å². The van der Waals surface area contributed by atoms with Crippen molar-refractivity contribution in [1.82, 2.24) is 15.2 Å². The number of aryl methyl sites for hydroxylation is 2. The minimum absolute atomic E-state index is 0.252. The molecule has 0 unspecified atom stereocenters. The molecule has 0 bridgehead atoms. The van der Waals surface area contributed by atoms with Crippen molar-refractivity contribution < 1.29 is 0 Å². The van der Waals surface area contributed by atoms with Gasteiger partial charge in [0.1, 0.15) is 5.82 Å². The molecule has 2 aromatic rings. The highest BCUT2D eigenvalue weighted by Crippen LogP contribution is 2.32. The maximum Gasteiger partial charge on any atom is 0.340 e. The Kier molecular flexibility index (Phi) is 3.18. The zero-order chi connectivity index (χ0) is 13.4. The maximum atomic E-state index is 11.1. The molecule has 0 saturated carbocycles. The summed E-state index contributed by atoms with van der Waals surface area (Å²) in [6.45, 7) is 3.72. The van der Waals surface area contributed by atoms with E-state index in [-0.39, 0.29) is 5.69 Å². The molecule has 19 heavy (non-hydrogen) atoms. The molecule has 0 aliphatic carbocycles. The average Bonchev–Trinajstić information content (AvgIpc) is 2.77. The molecule has 6 heteroatoms. The third kappa shape index (κ3) is 2.45. The van der Waals surface area contributed by atoms with Crippen molar-refractivity contribution >= 4 is 21.6 Å². The average molecular weight is 323 g/mol. The molecule has 0 fully saturated rings. The van der Waals surface area contributed by atoms with Gasteiger partial charge < -0.3 is 4.90 Å². The second-order valence-electron chi connectivity index (χ2n) is 4.88. The molecule has 1 aliphatic heterocycles. The van der Waals surface area contributed by atoms with Gasteiger partial charge in [0.2, 0.25) is 0 Å². The van der Waals surface area contributed by atoms with E-state index in [1.165, 1.54) is 16.8 Å². The number of anilines is 1. The van der Waals surface area contributed by atoms with Crippen LogP contribution in [0.3, 0.4) is 0 Å². The van der Waals surface area contributed by atoms with Crippen molar-refractivity contribution in [3.63, 3.8) is 0 Å². The number of hydrogen-bond acceptors (Lipinski definition) is 3. The summed E-state index contributed by atoms with van der Waals surface area (Å²) in [7, 11) is 0. The van der Waals surface area contributed by atoms with Gasteiger partial charge in [0.05, 0.1) is 6.54 Å². The molecular formula is C13H15BrN4O. The zero-order valence-corrected chi connectivity index (χ0v) is 12.2. The Hall–Kier alpha value is -1.56. The molecule has 100 valence electrons. The largest absolute Gasteiger partial charge is 0.364 e. The molecule has 5 nitrogen and oxygen atoms in total. The van der Waals surface area contributed by atoms with Gasteiger partial charge in [0.15, 0.2) is 0 Å². The van der Waals surface area contributed by atoms with Crippen LogP contribution in [0.15, 0.2) is 21.4 Å². The van der Waals surface area contributed by atoms with Crippen molar-refractivity contribution in [3.05, 3.63) is 44.0 Å². The SMILES string of the molecule is Cc1cc2c(cc1Br)N(Cc1n[nH]c(=O)[nH]1)CCC2. The first-order valence-corrected chi connectivity index (χ1v) is 7.10. The lowest BCUT2D eigenvalue weighted by molar-refractivity contribution is 0.674. The van der Waals surface area contributed by atoms with Crippen LogP contribution < -0.4 is 10.6 Å². The lowest BCUT2D eigenvalue weighted by Crippen LogP contribution is -2.29. The highest BCUT2D eigenvalue weighted by Gasteiger charge is 2.19. The topological polar surface area (TPSA) is 64.8 Å². The second kappa shape index (κ2) is 4.85. The van der Waals surface area contributed by atoms with Gasteiger partial charge >= 0.3 is 5.69 Å². The number of hydrogen-bond donors (Lipinski definition) is 2. The Morgan fingerprint density at radius 2 is 2.32 bits per heavy atom. The van der Waals surface area contributed by atoms with Gasteiger partial charge in [-0.05, 0) is 37.0 Å². The summed E-state index contributed by atoms with van der Waals surface area (Å²) in [5.41, 5.74) is 3.60. The van der Waals surface area contributed by atoms with Crippen molar-refractivity contribution in [1.29, 1.82) is 0 Å². The quantitative estimate of drug-likeness (QED) is 0.890. The Labute approximate surface area is 119 Å². The summed E-state index contributed by atoms with van der Waals surface area (Å²) in [6.07, 6.45) is 2.24. The number of nitrogens with one attached hydrogen (secondary N) is 2. The Morgan fingerprint density at radius 1 is 1.47 bits per heavy atom. The standard InChI is InChI=1S/C13H15BrN4O/c1-8-5-9-3-2-4-18(11(9)6-10(8)14)7-12-15-13(19)17-16-12/h5-6H,2-4,7H2,1H3,(H2,15,16,17,19). The fraction of sp³-hybridized carbons (Fsp3) is 0.385. The van der Waals surface area contributed by atoms with E-state index in [0.717, 1.165) is 23.9 Å². The van der Waals surface area contributed by atoms with Crippen LogP contribution in [0.1, 0.15) is 23.4 Å². The number of benzene rings is 1. The minimum atomic E-state index is -0.252.